The van der Waals surface area contributed by atoms with E-state index >= 15 is 0 Å². The number of furan rings is 1. The zero-order valence-electron chi connectivity index (χ0n) is 13.3. The van der Waals surface area contributed by atoms with E-state index < -0.39 is 5.79 Å². The van der Waals surface area contributed by atoms with E-state index in [0.29, 0.717) is 32.8 Å². The fourth-order valence-corrected chi connectivity index (χ4v) is 3.02. The molecule has 6 heteroatoms. The first-order valence-corrected chi connectivity index (χ1v) is 7.93. The second-order valence-corrected chi connectivity index (χ2v) is 6.04. The summed E-state index contributed by atoms with van der Waals surface area (Å²) in [6.07, 6.45) is 1.51. The third-order valence-corrected chi connectivity index (χ3v) is 4.44. The first kappa shape index (κ1) is 15.5. The predicted molar refractivity (Wildman–Crippen MR) is 80.3 cm³/mol. The number of piperidine rings is 1. The molecular weight excluding hydrogens is 284 g/mol. The van der Waals surface area contributed by atoms with E-state index in [0.717, 1.165) is 24.4 Å². The minimum absolute atomic E-state index is 0.0234. The molecule has 3 rings (SSSR count). The normalized spacial score (nSPS) is 22.2. The van der Waals surface area contributed by atoms with E-state index in [9.17, 15) is 4.79 Å². The van der Waals surface area contributed by atoms with Crippen molar-refractivity contribution in [3.05, 3.63) is 23.7 Å². The Morgan fingerprint density at radius 3 is 2.59 bits per heavy atom. The van der Waals surface area contributed by atoms with Gasteiger partial charge in [-0.3, -0.25) is 10.1 Å². The fourth-order valence-electron chi connectivity index (χ4n) is 3.02. The van der Waals surface area contributed by atoms with Crippen LogP contribution in [0.1, 0.15) is 37.3 Å². The summed E-state index contributed by atoms with van der Waals surface area (Å²) in [7, 11) is 0. The maximum absolute atomic E-state index is 12.3. The highest BCUT2D eigenvalue weighted by atomic mass is 16.7. The van der Waals surface area contributed by atoms with Crippen molar-refractivity contribution in [2.45, 2.75) is 38.5 Å². The first-order chi connectivity index (χ1) is 10.6. The first-order valence-electron chi connectivity index (χ1n) is 7.93. The molecule has 1 spiro atoms. The quantitative estimate of drug-likeness (QED) is 0.915. The van der Waals surface area contributed by atoms with Crippen molar-refractivity contribution in [1.82, 2.24) is 10.2 Å². The number of carbonyl (C=O) groups is 1. The number of carbonyl (C=O) groups excluding carboxylic acids is 1. The molecule has 2 aliphatic heterocycles. The number of aryl methyl sites for hydroxylation is 1. The molecule has 1 aromatic rings. The molecule has 0 aliphatic carbocycles. The lowest BCUT2D eigenvalue weighted by atomic mass is 10.0. The van der Waals surface area contributed by atoms with Crippen molar-refractivity contribution in [2.24, 2.45) is 0 Å². The van der Waals surface area contributed by atoms with Gasteiger partial charge in [-0.2, -0.15) is 0 Å². The number of hydrogen-bond acceptors (Lipinski definition) is 5. The SMILES string of the molecule is Cc1ccc([C@@H](C)NCC(=O)N2CCC3(CC2)OCCO3)o1. The van der Waals surface area contributed by atoms with E-state index in [1.165, 1.54) is 0 Å². The topological polar surface area (TPSA) is 63.9 Å². The Morgan fingerprint density at radius 2 is 2.00 bits per heavy atom. The van der Waals surface area contributed by atoms with Crippen LogP contribution in [0, 0.1) is 6.92 Å². The zero-order valence-corrected chi connectivity index (χ0v) is 13.3. The van der Waals surface area contributed by atoms with Gasteiger partial charge in [0.1, 0.15) is 11.5 Å². The van der Waals surface area contributed by atoms with Gasteiger partial charge in [0.25, 0.3) is 0 Å². The Morgan fingerprint density at radius 1 is 1.32 bits per heavy atom. The van der Waals surface area contributed by atoms with Gasteiger partial charge < -0.3 is 18.8 Å². The molecule has 0 bridgehead atoms. The Balaban J connectivity index is 1.44. The molecule has 1 aromatic heterocycles. The van der Waals surface area contributed by atoms with E-state index in [2.05, 4.69) is 5.32 Å². The van der Waals surface area contributed by atoms with E-state index in [1.54, 1.807) is 0 Å². The zero-order chi connectivity index (χ0) is 15.6. The van der Waals surface area contributed by atoms with Crippen LogP contribution in [-0.4, -0.2) is 49.4 Å². The second kappa shape index (κ2) is 6.40. The molecule has 1 amide bonds. The summed E-state index contributed by atoms with van der Waals surface area (Å²) in [4.78, 5) is 14.2. The monoisotopic (exact) mass is 308 g/mol. The van der Waals surface area contributed by atoms with Crippen LogP contribution in [0.25, 0.3) is 0 Å². The highest BCUT2D eigenvalue weighted by Gasteiger charge is 2.40. The molecule has 2 aliphatic rings. The fraction of sp³-hybridized carbons (Fsp3) is 0.688. The third-order valence-electron chi connectivity index (χ3n) is 4.44. The molecule has 1 atom stereocenters. The number of hydrogen-bond donors (Lipinski definition) is 1. The number of rotatable bonds is 4. The van der Waals surface area contributed by atoms with Crippen molar-refractivity contribution < 1.29 is 18.7 Å². The van der Waals surface area contributed by atoms with Gasteiger partial charge in [0.15, 0.2) is 5.79 Å². The smallest absolute Gasteiger partial charge is 0.236 e. The van der Waals surface area contributed by atoms with Crippen LogP contribution in [0.4, 0.5) is 0 Å². The number of nitrogens with one attached hydrogen (secondary N) is 1. The molecule has 0 radical (unpaired) electrons. The van der Waals surface area contributed by atoms with Gasteiger partial charge in [0.05, 0.1) is 25.8 Å². The lowest BCUT2D eigenvalue weighted by molar-refractivity contribution is -0.187. The van der Waals surface area contributed by atoms with Crippen molar-refractivity contribution in [3.8, 4) is 0 Å². The van der Waals surface area contributed by atoms with Crippen molar-refractivity contribution >= 4 is 5.91 Å². The van der Waals surface area contributed by atoms with Gasteiger partial charge in [-0.1, -0.05) is 0 Å². The van der Waals surface area contributed by atoms with Gasteiger partial charge in [-0.25, -0.2) is 0 Å². The highest BCUT2D eigenvalue weighted by Crippen LogP contribution is 2.31. The molecular formula is C16H24N2O4. The summed E-state index contributed by atoms with van der Waals surface area (Å²) >= 11 is 0. The summed E-state index contributed by atoms with van der Waals surface area (Å²) in [6, 6.07) is 3.90. The largest absolute Gasteiger partial charge is 0.465 e. The van der Waals surface area contributed by atoms with E-state index in [1.807, 2.05) is 30.9 Å². The highest BCUT2D eigenvalue weighted by molar-refractivity contribution is 5.78. The van der Waals surface area contributed by atoms with Crippen LogP contribution in [0.15, 0.2) is 16.5 Å². The van der Waals surface area contributed by atoms with Crippen LogP contribution in [0.3, 0.4) is 0 Å². The van der Waals surface area contributed by atoms with Crippen molar-refractivity contribution in [3.63, 3.8) is 0 Å². The van der Waals surface area contributed by atoms with E-state index in [-0.39, 0.29) is 11.9 Å². The molecule has 0 aromatic carbocycles. The number of amides is 1. The van der Waals surface area contributed by atoms with Crippen molar-refractivity contribution in [1.29, 1.82) is 0 Å². The molecule has 122 valence electrons. The average Bonchev–Trinajstić information content (AvgIpc) is 3.15. The Labute approximate surface area is 130 Å². The Bertz CT molecular complexity index is 512. The minimum atomic E-state index is -0.427. The number of nitrogens with zero attached hydrogens (tertiary/aromatic N) is 1. The summed E-state index contributed by atoms with van der Waals surface area (Å²) < 4.78 is 16.9. The molecule has 3 heterocycles. The number of likely N-dealkylation sites (tertiary alicyclic amines) is 1. The average molecular weight is 308 g/mol. The summed E-state index contributed by atoms with van der Waals surface area (Å²) in [5, 5.41) is 3.22. The molecule has 0 saturated carbocycles. The second-order valence-electron chi connectivity index (χ2n) is 6.04. The van der Waals surface area contributed by atoms with Crippen LogP contribution in [0.2, 0.25) is 0 Å². The van der Waals surface area contributed by atoms with Gasteiger partial charge in [-0.15, -0.1) is 0 Å². The minimum Gasteiger partial charge on any atom is -0.465 e. The molecule has 6 nitrogen and oxygen atoms in total. The van der Waals surface area contributed by atoms with Gasteiger partial charge in [-0.05, 0) is 26.0 Å². The summed E-state index contributed by atoms with van der Waals surface area (Å²) in [5.74, 6) is 1.43. The maximum Gasteiger partial charge on any atom is 0.236 e. The molecule has 22 heavy (non-hydrogen) atoms. The Kier molecular flexibility index (Phi) is 4.52. The van der Waals surface area contributed by atoms with Crippen LogP contribution in [0.5, 0.6) is 0 Å². The summed E-state index contributed by atoms with van der Waals surface area (Å²) in [6.45, 7) is 6.93. The van der Waals surface area contributed by atoms with Gasteiger partial charge >= 0.3 is 0 Å². The number of ether oxygens (including phenoxy) is 2. The molecule has 0 unspecified atom stereocenters. The van der Waals surface area contributed by atoms with Crippen LogP contribution < -0.4 is 5.32 Å². The van der Waals surface area contributed by atoms with Gasteiger partial charge in [0.2, 0.25) is 5.91 Å². The van der Waals surface area contributed by atoms with Crippen LogP contribution in [-0.2, 0) is 14.3 Å². The lowest BCUT2D eigenvalue weighted by Crippen LogP contribution is -2.49. The van der Waals surface area contributed by atoms with E-state index in [4.69, 9.17) is 13.9 Å². The summed E-state index contributed by atoms with van der Waals surface area (Å²) in [5.41, 5.74) is 0. The predicted octanol–water partition coefficient (Wildman–Crippen LogP) is 1.60. The Hall–Kier alpha value is -1.37. The lowest BCUT2D eigenvalue weighted by Gasteiger charge is -2.37. The van der Waals surface area contributed by atoms with Gasteiger partial charge in [0, 0.05) is 25.9 Å². The molecule has 2 fully saturated rings. The molecule has 1 N–H and O–H groups in total. The maximum atomic E-state index is 12.3. The standard InChI is InChI=1S/C16H24N2O4/c1-12-3-4-14(22-12)13(2)17-11-15(19)18-7-5-16(6-8-18)20-9-10-21-16/h3-4,13,17H,5-11H2,1-2H3/t13-/m1/s1. The van der Waals surface area contributed by atoms with Crippen molar-refractivity contribution in [2.75, 3.05) is 32.8 Å². The molecule has 2 saturated heterocycles. The van der Waals surface area contributed by atoms with Crippen LogP contribution >= 0.6 is 0 Å². The third kappa shape index (κ3) is 3.34.